The van der Waals surface area contributed by atoms with Crippen LogP contribution in [-0.2, 0) is 11.2 Å². The van der Waals surface area contributed by atoms with Crippen molar-refractivity contribution in [3.8, 4) is 0 Å². The summed E-state index contributed by atoms with van der Waals surface area (Å²) in [7, 11) is 1.79. The summed E-state index contributed by atoms with van der Waals surface area (Å²) in [5.41, 5.74) is 5.63. The Morgan fingerprint density at radius 3 is 2.05 bits per heavy atom. The molecule has 0 aromatic heterocycles. The summed E-state index contributed by atoms with van der Waals surface area (Å²) in [5, 5.41) is 0. The van der Waals surface area contributed by atoms with E-state index in [9.17, 15) is 0 Å². The summed E-state index contributed by atoms with van der Waals surface area (Å²) in [6, 6.07) is 6.91. The van der Waals surface area contributed by atoms with E-state index in [-0.39, 0.29) is 7.43 Å². The van der Waals surface area contributed by atoms with Crippen molar-refractivity contribution >= 4 is 5.57 Å². The Bertz CT molecular complexity index is 881. The number of hydrogen-bond donors (Lipinski definition) is 0. The van der Waals surface area contributed by atoms with E-state index in [0.29, 0.717) is 5.92 Å². The molecule has 252 valence electrons. The quantitative estimate of drug-likeness (QED) is 0.190. The molecule has 0 spiro atoms. The summed E-state index contributed by atoms with van der Waals surface area (Å²) in [6.07, 6.45) is 37.3. The van der Waals surface area contributed by atoms with Crippen molar-refractivity contribution in [2.24, 2.45) is 17.8 Å². The van der Waals surface area contributed by atoms with Crippen molar-refractivity contribution in [2.45, 2.75) is 158 Å². The summed E-state index contributed by atoms with van der Waals surface area (Å²) in [4.78, 5) is 0. The second-order valence-electron chi connectivity index (χ2n) is 13.2. The van der Waals surface area contributed by atoms with Gasteiger partial charge in [0.2, 0.25) is 0 Å². The Labute approximate surface area is 276 Å². The fraction of sp³-hybridized carbons (Fsp3) is 0.674. The second kappa shape index (κ2) is 28.6. The number of benzene rings is 1. The molecule has 1 nitrogen and oxygen atoms in total. The minimum absolute atomic E-state index is 0. The Hall–Kier alpha value is -1.86. The summed E-state index contributed by atoms with van der Waals surface area (Å²) in [6.45, 7) is 16.4. The molecule has 4 rings (SSSR count). The molecule has 3 aliphatic carbocycles. The van der Waals surface area contributed by atoms with Crippen molar-refractivity contribution in [2.75, 3.05) is 13.7 Å². The first-order chi connectivity index (χ1) is 21.0. The van der Waals surface area contributed by atoms with E-state index in [4.69, 9.17) is 4.74 Å². The lowest BCUT2D eigenvalue weighted by molar-refractivity contribution is 0.178. The third kappa shape index (κ3) is 20.2. The van der Waals surface area contributed by atoms with Crippen LogP contribution >= 0.6 is 0 Å². The molecule has 0 saturated heterocycles. The average molecular weight is 607 g/mol. The summed E-state index contributed by atoms with van der Waals surface area (Å²) >= 11 is 0. The number of allylic oxidation sites excluding steroid dienone is 7. The van der Waals surface area contributed by atoms with Crippen LogP contribution in [0.15, 0.2) is 61.2 Å². The van der Waals surface area contributed by atoms with Gasteiger partial charge >= 0.3 is 0 Å². The molecule has 0 unspecified atom stereocenters. The molecule has 0 bridgehead atoms. The van der Waals surface area contributed by atoms with E-state index in [1.54, 1.807) is 7.11 Å². The predicted octanol–water partition coefficient (Wildman–Crippen LogP) is 14.1. The number of ether oxygens (including phenoxy) is 1. The molecule has 0 heterocycles. The van der Waals surface area contributed by atoms with Crippen molar-refractivity contribution in [1.82, 2.24) is 0 Å². The van der Waals surface area contributed by atoms with Gasteiger partial charge in [-0.05, 0) is 106 Å². The molecule has 0 amide bonds. The van der Waals surface area contributed by atoms with Gasteiger partial charge in [-0.25, -0.2) is 0 Å². The molecule has 44 heavy (non-hydrogen) atoms. The fourth-order valence-electron chi connectivity index (χ4n) is 6.27. The molecule has 1 aromatic carbocycles. The molecular formula is C43H74O. The van der Waals surface area contributed by atoms with E-state index < -0.39 is 0 Å². The van der Waals surface area contributed by atoms with E-state index in [1.807, 2.05) is 0 Å². The first-order valence-corrected chi connectivity index (χ1v) is 18.2. The first kappa shape index (κ1) is 42.1. The Morgan fingerprint density at radius 1 is 0.864 bits per heavy atom. The van der Waals surface area contributed by atoms with Gasteiger partial charge < -0.3 is 4.74 Å². The van der Waals surface area contributed by atoms with Crippen LogP contribution in [0.1, 0.15) is 161 Å². The van der Waals surface area contributed by atoms with Crippen LogP contribution in [0.3, 0.4) is 0 Å². The maximum Gasteiger partial charge on any atom is 0.0464 e. The van der Waals surface area contributed by atoms with Gasteiger partial charge in [0.05, 0.1) is 0 Å². The molecular weight excluding hydrogens is 532 g/mol. The van der Waals surface area contributed by atoms with Crippen LogP contribution in [0.2, 0.25) is 0 Å². The van der Waals surface area contributed by atoms with E-state index >= 15 is 0 Å². The average Bonchev–Trinajstić information content (AvgIpc) is 3.43. The van der Waals surface area contributed by atoms with Gasteiger partial charge in [0.25, 0.3) is 0 Å². The van der Waals surface area contributed by atoms with Gasteiger partial charge in [0, 0.05) is 13.7 Å². The number of rotatable bonds is 10. The Kier molecular flexibility index (Phi) is 27.4. The van der Waals surface area contributed by atoms with Crippen molar-refractivity contribution in [1.29, 1.82) is 0 Å². The minimum Gasteiger partial charge on any atom is -0.385 e. The number of aryl methyl sites for hydroxylation is 2. The first-order valence-electron chi connectivity index (χ1n) is 18.2. The topological polar surface area (TPSA) is 9.23 Å². The van der Waals surface area contributed by atoms with Crippen LogP contribution < -0.4 is 0 Å². The molecule has 1 aromatic rings. The highest BCUT2D eigenvalue weighted by Gasteiger charge is 2.19. The predicted molar refractivity (Wildman–Crippen MR) is 202 cm³/mol. The molecule has 1 heteroatoms. The van der Waals surface area contributed by atoms with E-state index in [0.717, 1.165) is 37.7 Å². The van der Waals surface area contributed by atoms with Crippen LogP contribution in [0, 0.1) is 24.7 Å². The highest BCUT2D eigenvalue weighted by atomic mass is 16.5. The summed E-state index contributed by atoms with van der Waals surface area (Å²) < 4.78 is 5.00. The van der Waals surface area contributed by atoms with Gasteiger partial charge in [0.15, 0.2) is 0 Å². The molecule has 0 N–H and O–H groups in total. The van der Waals surface area contributed by atoms with Crippen molar-refractivity contribution < 1.29 is 4.74 Å². The largest absolute Gasteiger partial charge is 0.385 e. The number of methoxy groups -OCH3 is 1. The molecule has 0 atom stereocenters. The van der Waals surface area contributed by atoms with Crippen molar-refractivity contribution in [3.05, 3.63) is 77.9 Å². The number of hydrogen-bond acceptors (Lipinski definition) is 1. The van der Waals surface area contributed by atoms with Gasteiger partial charge in [-0.15, -0.1) is 0 Å². The monoisotopic (exact) mass is 607 g/mol. The van der Waals surface area contributed by atoms with Gasteiger partial charge in [-0.2, -0.15) is 0 Å². The van der Waals surface area contributed by atoms with Crippen LogP contribution in [0.25, 0.3) is 5.57 Å². The van der Waals surface area contributed by atoms with Gasteiger partial charge in [-0.1, -0.05) is 153 Å². The molecule has 2 saturated carbocycles. The third-order valence-corrected chi connectivity index (χ3v) is 8.93. The maximum atomic E-state index is 5.00. The Morgan fingerprint density at radius 2 is 1.45 bits per heavy atom. The lowest BCUT2D eigenvalue weighted by Gasteiger charge is -2.25. The maximum absolute atomic E-state index is 5.00. The molecule has 0 aliphatic heterocycles. The SMILES string of the molecule is C.C=C(c1ccc(C)cc1CC/C=C\C=C/CC)C1CCCCC1.CC1CCC=CCC1.CCC.COCCC1CCCC1. The highest BCUT2D eigenvalue weighted by molar-refractivity contribution is 5.68. The second-order valence-corrected chi connectivity index (χ2v) is 13.2. The zero-order valence-electron chi connectivity index (χ0n) is 29.5. The normalized spacial score (nSPS) is 17.5. The van der Waals surface area contributed by atoms with Crippen LogP contribution in [0.5, 0.6) is 0 Å². The van der Waals surface area contributed by atoms with Crippen molar-refractivity contribution in [3.63, 3.8) is 0 Å². The van der Waals surface area contributed by atoms with Gasteiger partial charge in [-0.3, -0.25) is 0 Å². The lowest BCUT2D eigenvalue weighted by atomic mass is 9.80. The molecule has 3 aliphatic rings. The zero-order valence-corrected chi connectivity index (χ0v) is 29.5. The lowest BCUT2D eigenvalue weighted by Crippen LogP contribution is -2.09. The van der Waals surface area contributed by atoms with E-state index in [2.05, 4.69) is 95.9 Å². The molecule has 0 radical (unpaired) electrons. The van der Waals surface area contributed by atoms with Crippen LogP contribution in [0.4, 0.5) is 0 Å². The zero-order chi connectivity index (χ0) is 31.5. The smallest absolute Gasteiger partial charge is 0.0464 e. The summed E-state index contributed by atoms with van der Waals surface area (Å²) in [5.74, 6) is 2.66. The molecule has 2 fully saturated rings. The third-order valence-electron chi connectivity index (χ3n) is 8.93. The van der Waals surface area contributed by atoms with Crippen LogP contribution in [-0.4, -0.2) is 13.7 Å². The Balaban J connectivity index is 0.000000719. The van der Waals surface area contributed by atoms with Gasteiger partial charge in [0.1, 0.15) is 0 Å². The minimum atomic E-state index is 0. The fourth-order valence-corrected chi connectivity index (χ4v) is 6.27. The van der Waals surface area contributed by atoms with E-state index in [1.165, 1.54) is 119 Å². The highest BCUT2D eigenvalue weighted by Crippen LogP contribution is 2.36. The standard InChI is InChI=1S/C23H32.C8H16O.C8H14.C3H8.CH4/c1-4-5-6-7-8-10-15-22-18-19(2)16-17-23(22)20(3)21-13-11-9-12-14-21;1-9-7-6-8-4-2-3-5-8;1-8-6-4-2-3-5-7-8;1-3-2;/h5-8,16-18,21H,3-4,9-15H2,1-2H3;8H,2-7H2,1H3;2-3,8H,4-7H2,1H3;3H2,1-2H3;1H4/b6-5-,8-7-;;;;.